The molecule has 2 heterocycles. The lowest BCUT2D eigenvalue weighted by Gasteiger charge is -2.12. The molecule has 0 amide bonds. The van der Waals surface area contributed by atoms with Crippen LogP contribution in [0.25, 0.3) is 16.9 Å². The number of carbonyl (C=O) groups excluding carboxylic acids is 1. The van der Waals surface area contributed by atoms with E-state index < -0.39 is 12.1 Å². The highest BCUT2D eigenvalue weighted by molar-refractivity contribution is 5.80. The van der Waals surface area contributed by atoms with Gasteiger partial charge in [0.1, 0.15) is 5.65 Å². The van der Waals surface area contributed by atoms with Crippen molar-refractivity contribution in [3.63, 3.8) is 0 Å². The van der Waals surface area contributed by atoms with Crippen molar-refractivity contribution in [2.75, 3.05) is 6.61 Å². The molecule has 0 spiro atoms. The number of rotatable bonds is 4. The first-order valence-corrected chi connectivity index (χ1v) is 7.92. The second-order valence-electron chi connectivity index (χ2n) is 5.73. The highest BCUT2D eigenvalue weighted by atomic mass is 16.5. The Morgan fingerprint density at radius 3 is 2.62 bits per heavy atom. The van der Waals surface area contributed by atoms with Crippen LogP contribution < -0.4 is 0 Å². The van der Waals surface area contributed by atoms with Crippen LogP contribution in [-0.2, 0) is 9.53 Å². The number of ether oxygens (including phenoxy) is 1. The minimum absolute atomic E-state index is 0.214. The molecule has 0 fully saturated rings. The molecule has 0 bridgehead atoms. The fourth-order valence-electron chi connectivity index (χ4n) is 2.71. The Morgan fingerprint density at radius 2 is 1.96 bits per heavy atom. The van der Waals surface area contributed by atoms with Crippen molar-refractivity contribution in [1.29, 1.82) is 0 Å². The van der Waals surface area contributed by atoms with Gasteiger partial charge in [0, 0.05) is 11.8 Å². The van der Waals surface area contributed by atoms with E-state index in [0.717, 1.165) is 16.7 Å². The van der Waals surface area contributed by atoms with Crippen LogP contribution in [0.2, 0.25) is 0 Å². The van der Waals surface area contributed by atoms with Gasteiger partial charge in [-0.05, 0) is 38.0 Å². The summed E-state index contributed by atoms with van der Waals surface area (Å²) in [6.07, 6.45) is 0.499. The quantitative estimate of drug-likeness (QED) is 0.749. The van der Waals surface area contributed by atoms with E-state index >= 15 is 0 Å². The largest absolute Gasteiger partial charge is 0.464 e. The molecular weight excluding hydrogens is 304 g/mol. The van der Waals surface area contributed by atoms with E-state index in [1.54, 1.807) is 11.3 Å². The van der Waals surface area contributed by atoms with Gasteiger partial charge >= 0.3 is 5.97 Å². The zero-order valence-corrected chi connectivity index (χ0v) is 14.0. The number of pyridine rings is 1. The normalized spacial score (nSPS) is 12.3. The predicted molar refractivity (Wildman–Crippen MR) is 91.7 cm³/mol. The van der Waals surface area contributed by atoms with E-state index in [0.29, 0.717) is 17.0 Å². The molecule has 0 radical (unpaired) electrons. The topological polar surface area (TPSA) is 63.8 Å². The average molecular weight is 324 g/mol. The number of aliphatic hydroxyl groups excluding tert-OH is 1. The highest BCUT2D eigenvalue weighted by Crippen LogP contribution is 2.30. The third-order valence-electron chi connectivity index (χ3n) is 4.08. The molecule has 2 aromatic heterocycles. The summed E-state index contributed by atoms with van der Waals surface area (Å²) in [6, 6.07) is 11.5. The number of benzene rings is 1. The summed E-state index contributed by atoms with van der Waals surface area (Å²) < 4.78 is 6.76. The first kappa shape index (κ1) is 16.2. The molecule has 0 saturated heterocycles. The van der Waals surface area contributed by atoms with Crippen LogP contribution in [0.3, 0.4) is 0 Å². The lowest BCUT2D eigenvalue weighted by molar-refractivity contribution is -0.153. The van der Waals surface area contributed by atoms with Crippen LogP contribution in [0.4, 0.5) is 0 Å². The molecule has 1 unspecified atom stereocenters. The Bertz CT molecular complexity index is 885. The van der Waals surface area contributed by atoms with Gasteiger partial charge in [-0.25, -0.2) is 9.78 Å². The summed E-state index contributed by atoms with van der Waals surface area (Å²) >= 11 is 0. The summed E-state index contributed by atoms with van der Waals surface area (Å²) in [5.41, 5.74) is 4.70. The monoisotopic (exact) mass is 324 g/mol. The van der Waals surface area contributed by atoms with Gasteiger partial charge in [0.25, 0.3) is 0 Å². The van der Waals surface area contributed by atoms with Gasteiger partial charge in [-0.15, -0.1) is 0 Å². The number of carbonyl (C=O) groups is 1. The Hall–Kier alpha value is -2.66. The molecule has 1 atom stereocenters. The zero-order valence-electron chi connectivity index (χ0n) is 14.0. The first-order valence-electron chi connectivity index (χ1n) is 7.92. The SMILES string of the molecule is CCOC(=O)C(O)c1c(-c2ccccc2)nc2cc(C)c(C)cn12. The van der Waals surface area contributed by atoms with Gasteiger partial charge in [-0.1, -0.05) is 30.3 Å². The van der Waals surface area contributed by atoms with E-state index in [1.165, 1.54) is 0 Å². The summed E-state index contributed by atoms with van der Waals surface area (Å²) in [5.74, 6) is -0.672. The van der Waals surface area contributed by atoms with Crippen molar-refractivity contribution in [1.82, 2.24) is 9.38 Å². The summed E-state index contributed by atoms with van der Waals surface area (Å²) in [7, 11) is 0. The second kappa shape index (κ2) is 6.45. The molecule has 1 aromatic carbocycles. The smallest absolute Gasteiger partial charge is 0.341 e. The minimum atomic E-state index is -1.39. The summed E-state index contributed by atoms with van der Waals surface area (Å²) in [6.45, 7) is 5.92. The van der Waals surface area contributed by atoms with Crippen LogP contribution >= 0.6 is 0 Å². The number of aliphatic hydroxyl groups is 1. The molecule has 0 saturated carbocycles. The van der Waals surface area contributed by atoms with Crippen LogP contribution in [-0.4, -0.2) is 27.1 Å². The second-order valence-corrected chi connectivity index (χ2v) is 5.73. The maximum atomic E-state index is 12.1. The fraction of sp³-hybridized carbons (Fsp3) is 0.263. The number of fused-ring (bicyclic) bond motifs is 1. The first-order chi connectivity index (χ1) is 11.5. The molecule has 1 N–H and O–H groups in total. The zero-order chi connectivity index (χ0) is 17.3. The third-order valence-corrected chi connectivity index (χ3v) is 4.08. The molecular formula is C19H20N2O3. The average Bonchev–Trinajstić information content (AvgIpc) is 2.94. The molecule has 0 aliphatic carbocycles. The highest BCUT2D eigenvalue weighted by Gasteiger charge is 2.27. The lowest BCUT2D eigenvalue weighted by atomic mass is 10.1. The number of esters is 1. The summed E-state index contributed by atoms with van der Waals surface area (Å²) in [5, 5.41) is 10.6. The van der Waals surface area contributed by atoms with Crippen molar-refractivity contribution in [2.24, 2.45) is 0 Å². The Labute approximate surface area is 140 Å². The number of imidazole rings is 1. The third kappa shape index (κ3) is 2.78. The van der Waals surface area contributed by atoms with Crippen molar-refractivity contribution < 1.29 is 14.6 Å². The van der Waals surface area contributed by atoms with Crippen LogP contribution in [0, 0.1) is 13.8 Å². The van der Waals surface area contributed by atoms with Crippen molar-refractivity contribution in [2.45, 2.75) is 26.9 Å². The Kier molecular flexibility index (Phi) is 4.36. The predicted octanol–water partition coefficient (Wildman–Crippen LogP) is 3.21. The lowest BCUT2D eigenvalue weighted by Crippen LogP contribution is -2.18. The Balaban J connectivity index is 2.26. The van der Waals surface area contributed by atoms with Gasteiger partial charge in [0.05, 0.1) is 18.0 Å². The van der Waals surface area contributed by atoms with Gasteiger partial charge in [-0.3, -0.25) is 4.40 Å². The maximum Gasteiger partial charge on any atom is 0.341 e. The van der Waals surface area contributed by atoms with Crippen molar-refractivity contribution >= 4 is 11.6 Å². The number of hydrogen-bond acceptors (Lipinski definition) is 4. The standard InChI is InChI=1S/C19H20N2O3/c1-4-24-19(23)18(22)17-16(14-8-6-5-7-9-14)20-15-10-12(2)13(3)11-21(15)17/h5-11,18,22H,4H2,1-3H3. The molecule has 0 aliphatic rings. The van der Waals surface area contributed by atoms with Crippen LogP contribution in [0.1, 0.15) is 29.8 Å². The van der Waals surface area contributed by atoms with Crippen molar-refractivity contribution in [3.8, 4) is 11.3 Å². The molecule has 3 rings (SSSR count). The van der Waals surface area contributed by atoms with E-state index in [-0.39, 0.29) is 6.61 Å². The number of aryl methyl sites for hydroxylation is 2. The summed E-state index contributed by atoms with van der Waals surface area (Å²) in [4.78, 5) is 16.8. The minimum Gasteiger partial charge on any atom is -0.464 e. The molecule has 5 nitrogen and oxygen atoms in total. The number of aromatic nitrogens is 2. The van der Waals surface area contributed by atoms with Gasteiger partial charge < -0.3 is 9.84 Å². The van der Waals surface area contributed by atoms with Gasteiger partial charge in [0.15, 0.2) is 6.10 Å². The van der Waals surface area contributed by atoms with E-state index in [2.05, 4.69) is 4.98 Å². The van der Waals surface area contributed by atoms with Gasteiger partial charge in [0.2, 0.25) is 0 Å². The molecule has 24 heavy (non-hydrogen) atoms. The maximum absolute atomic E-state index is 12.1. The van der Waals surface area contributed by atoms with Crippen LogP contribution in [0.15, 0.2) is 42.6 Å². The van der Waals surface area contributed by atoms with Crippen molar-refractivity contribution in [3.05, 3.63) is 59.4 Å². The molecule has 0 aliphatic heterocycles. The Morgan fingerprint density at radius 1 is 1.25 bits per heavy atom. The molecule has 5 heteroatoms. The number of nitrogens with zero attached hydrogens (tertiary/aromatic N) is 2. The van der Waals surface area contributed by atoms with E-state index in [1.807, 2.05) is 56.4 Å². The number of hydrogen-bond donors (Lipinski definition) is 1. The van der Waals surface area contributed by atoms with E-state index in [4.69, 9.17) is 4.74 Å². The molecule has 3 aromatic rings. The fourth-order valence-corrected chi connectivity index (χ4v) is 2.71. The molecule has 124 valence electrons. The van der Waals surface area contributed by atoms with Gasteiger partial charge in [-0.2, -0.15) is 0 Å². The van der Waals surface area contributed by atoms with Crippen LogP contribution in [0.5, 0.6) is 0 Å². The van der Waals surface area contributed by atoms with E-state index in [9.17, 15) is 9.90 Å².